The second-order valence-corrected chi connectivity index (χ2v) is 5.55. The predicted molar refractivity (Wildman–Crippen MR) is 102 cm³/mol. The van der Waals surface area contributed by atoms with E-state index >= 15 is 0 Å². The van der Waals surface area contributed by atoms with E-state index in [9.17, 15) is 9.18 Å². The molecule has 0 unspecified atom stereocenters. The Morgan fingerprint density at radius 3 is 2.48 bits per heavy atom. The largest absolute Gasteiger partial charge is 0.457 e. The van der Waals surface area contributed by atoms with E-state index in [0.717, 1.165) is 0 Å². The molecule has 1 N–H and O–H groups in total. The average Bonchev–Trinajstić information content (AvgIpc) is 2.68. The van der Waals surface area contributed by atoms with Gasteiger partial charge in [0.15, 0.2) is 6.61 Å². The highest BCUT2D eigenvalue weighted by Gasteiger charge is 2.04. The first-order valence-electron chi connectivity index (χ1n) is 8.23. The van der Waals surface area contributed by atoms with Crippen LogP contribution in [0, 0.1) is 5.82 Å². The fraction of sp³-hybridized carbons (Fsp3) is 0.0476. The summed E-state index contributed by atoms with van der Waals surface area (Å²) in [7, 11) is 0. The van der Waals surface area contributed by atoms with Crippen molar-refractivity contribution in [2.24, 2.45) is 5.16 Å². The van der Waals surface area contributed by atoms with Crippen LogP contribution in [0.3, 0.4) is 0 Å². The van der Waals surface area contributed by atoms with Gasteiger partial charge in [-0.05, 0) is 42.0 Å². The van der Waals surface area contributed by atoms with Crippen molar-refractivity contribution in [2.75, 3.05) is 11.9 Å². The van der Waals surface area contributed by atoms with Crippen molar-refractivity contribution < 1.29 is 18.8 Å². The molecule has 0 aliphatic carbocycles. The number of carbonyl (C=O) groups excluding carboxylic acids is 1. The summed E-state index contributed by atoms with van der Waals surface area (Å²) < 4.78 is 18.5. The molecule has 0 bridgehead atoms. The van der Waals surface area contributed by atoms with E-state index < -0.39 is 0 Å². The zero-order valence-corrected chi connectivity index (χ0v) is 14.3. The van der Waals surface area contributed by atoms with Crippen LogP contribution in [-0.4, -0.2) is 18.7 Å². The maximum absolute atomic E-state index is 12.8. The van der Waals surface area contributed by atoms with Gasteiger partial charge in [-0.1, -0.05) is 41.6 Å². The number of para-hydroxylation sites is 1. The van der Waals surface area contributed by atoms with Gasteiger partial charge in [0.05, 0.1) is 6.21 Å². The lowest BCUT2D eigenvalue weighted by atomic mass is 10.2. The van der Waals surface area contributed by atoms with Gasteiger partial charge in [-0.3, -0.25) is 4.79 Å². The number of ether oxygens (including phenoxy) is 1. The van der Waals surface area contributed by atoms with Gasteiger partial charge in [0.2, 0.25) is 0 Å². The minimum atomic E-state index is -0.358. The molecular formula is C21H17FN2O3. The number of rotatable bonds is 7. The van der Waals surface area contributed by atoms with Gasteiger partial charge in [-0.15, -0.1) is 0 Å². The molecule has 136 valence electrons. The molecule has 3 aromatic rings. The third-order valence-electron chi connectivity index (χ3n) is 3.44. The molecule has 0 fully saturated rings. The van der Waals surface area contributed by atoms with Crippen molar-refractivity contribution in [2.45, 2.75) is 0 Å². The summed E-state index contributed by atoms with van der Waals surface area (Å²) in [5, 5.41) is 6.40. The van der Waals surface area contributed by atoms with Gasteiger partial charge < -0.3 is 14.9 Å². The summed E-state index contributed by atoms with van der Waals surface area (Å²) in [4.78, 5) is 16.9. The van der Waals surface area contributed by atoms with Crippen molar-refractivity contribution >= 4 is 17.8 Å². The molecule has 0 radical (unpaired) electrons. The van der Waals surface area contributed by atoms with Crippen molar-refractivity contribution in [1.29, 1.82) is 0 Å². The smallest absolute Gasteiger partial charge is 0.265 e. The van der Waals surface area contributed by atoms with Crippen LogP contribution in [0.4, 0.5) is 10.1 Å². The molecule has 0 saturated carbocycles. The zero-order chi connectivity index (χ0) is 18.9. The maximum Gasteiger partial charge on any atom is 0.265 e. The molecule has 0 heterocycles. The Kier molecular flexibility index (Phi) is 6.14. The van der Waals surface area contributed by atoms with Crippen LogP contribution in [0.2, 0.25) is 0 Å². The highest BCUT2D eigenvalue weighted by molar-refractivity contribution is 5.92. The molecule has 0 atom stereocenters. The Balaban J connectivity index is 1.49. The van der Waals surface area contributed by atoms with Crippen molar-refractivity contribution in [3.05, 3.63) is 90.2 Å². The first-order chi connectivity index (χ1) is 13.2. The van der Waals surface area contributed by atoms with Crippen LogP contribution < -0.4 is 10.1 Å². The quantitative estimate of drug-likeness (QED) is 0.492. The Morgan fingerprint density at radius 2 is 1.70 bits per heavy atom. The Morgan fingerprint density at radius 1 is 0.963 bits per heavy atom. The van der Waals surface area contributed by atoms with E-state index in [2.05, 4.69) is 10.5 Å². The lowest BCUT2D eigenvalue weighted by Gasteiger charge is -2.08. The number of amides is 1. The van der Waals surface area contributed by atoms with Crippen LogP contribution in [-0.2, 0) is 9.63 Å². The number of hydrogen-bond acceptors (Lipinski definition) is 4. The number of nitrogens with one attached hydrogen (secondary N) is 1. The normalized spacial score (nSPS) is 10.6. The van der Waals surface area contributed by atoms with Crippen LogP contribution in [0.25, 0.3) is 0 Å². The van der Waals surface area contributed by atoms with E-state index in [0.29, 0.717) is 22.7 Å². The second kappa shape index (κ2) is 9.15. The minimum absolute atomic E-state index is 0.249. The van der Waals surface area contributed by atoms with Gasteiger partial charge in [0.1, 0.15) is 17.3 Å². The number of halogens is 1. The van der Waals surface area contributed by atoms with Crippen LogP contribution in [0.15, 0.2) is 84.0 Å². The fourth-order valence-corrected chi connectivity index (χ4v) is 2.20. The Bertz CT molecular complexity index is 912. The lowest BCUT2D eigenvalue weighted by Crippen LogP contribution is -2.16. The number of oxime groups is 1. The molecule has 1 amide bonds. The SMILES string of the molecule is O=C(CO/N=C\c1ccc(F)cc1)Nc1cccc(Oc2ccccc2)c1. The fourth-order valence-electron chi connectivity index (χ4n) is 2.20. The standard InChI is InChI=1S/C21H17FN2O3/c22-17-11-9-16(10-12-17)14-23-26-15-21(25)24-18-5-4-8-20(13-18)27-19-6-2-1-3-7-19/h1-14H,15H2,(H,24,25)/b23-14-. The summed E-state index contributed by atoms with van der Waals surface area (Å²) in [5.41, 5.74) is 1.25. The van der Waals surface area contributed by atoms with Crippen molar-refractivity contribution in [3.63, 3.8) is 0 Å². The topological polar surface area (TPSA) is 59.9 Å². The van der Waals surface area contributed by atoms with E-state index in [1.165, 1.54) is 18.3 Å². The Labute approximate surface area is 156 Å². The minimum Gasteiger partial charge on any atom is -0.457 e. The molecule has 5 nitrogen and oxygen atoms in total. The highest BCUT2D eigenvalue weighted by Crippen LogP contribution is 2.23. The molecule has 0 aromatic heterocycles. The third-order valence-corrected chi connectivity index (χ3v) is 3.44. The van der Waals surface area contributed by atoms with Crippen LogP contribution >= 0.6 is 0 Å². The summed E-state index contributed by atoms with van der Waals surface area (Å²) >= 11 is 0. The van der Waals surface area contributed by atoms with Gasteiger partial charge >= 0.3 is 0 Å². The maximum atomic E-state index is 12.8. The molecule has 0 aliphatic heterocycles. The van der Waals surface area contributed by atoms with Crippen molar-refractivity contribution in [3.8, 4) is 11.5 Å². The summed E-state index contributed by atoms with van der Waals surface area (Å²) in [6.45, 7) is -0.249. The molecule has 27 heavy (non-hydrogen) atoms. The van der Waals surface area contributed by atoms with E-state index in [1.807, 2.05) is 30.3 Å². The number of carbonyl (C=O) groups is 1. The van der Waals surface area contributed by atoms with Gasteiger partial charge in [-0.2, -0.15) is 0 Å². The lowest BCUT2D eigenvalue weighted by molar-refractivity contribution is -0.120. The van der Waals surface area contributed by atoms with Gasteiger partial charge in [-0.25, -0.2) is 4.39 Å². The van der Waals surface area contributed by atoms with Crippen LogP contribution in [0.5, 0.6) is 11.5 Å². The van der Waals surface area contributed by atoms with Gasteiger partial charge in [0.25, 0.3) is 5.91 Å². The first kappa shape index (κ1) is 18.1. The molecular weight excluding hydrogens is 347 g/mol. The second-order valence-electron chi connectivity index (χ2n) is 5.55. The van der Waals surface area contributed by atoms with E-state index in [-0.39, 0.29) is 18.3 Å². The van der Waals surface area contributed by atoms with Crippen molar-refractivity contribution in [1.82, 2.24) is 0 Å². The number of nitrogens with zero attached hydrogens (tertiary/aromatic N) is 1. The molecule has 3 rings (SSSR count). The van der Waals surface area contributed by atoms with E-state index in [1.54, 1.807) is 36.4 Å². The Hall–Kier alpha value is -3.67. The summed E-state index contributed by atoms with van der Waals surface area (Å²) in [6.07, 6.45) is 1.40. The molecule has 3 aromatic carbocycles. The molecule has 0 saturated heterocycles. The average molecular weight is 364 g/mol. The third kappa shape index (κ3) is 5.97. The summed E-state index contributed by atoms with van der Waals surface area (Å²) in [5.74, 6) is 0.628. The molecule has 0 aliphatic rings. The zero-order valence-electron chi connectivity index (χ0n) is 14.3. The predicted octanol–water partition coefficient (Wildman–Crippen LogP) is 4.61. The first-order valence-corrected chi connectivity index (χ1v) is 8.23. The van der Waals surface area contributed by atoms with Crippen LogP contribution in [0.1, 0.15) is 5.56 Å². The summed E-state index contributed by atoms with van der Waals surface area (Å²) in [6, 6.07) is 22.1. The monoisotopic (exact) mass is 364 g/mol. The number of anilines is 1. The number of benzene rings is 3. The number of hydrogen-bond donors (Lipinski definition) is 1. The molecule has 0 spiro atoms. The van der Waals surface area contributed by atoms with Gasteiger partial charge in [0, 0.05) is 11.8 Å². The van der Waals surface area contributed by atoms with E-state index in [4.69, 9.17) is 9.57 Å². The highest BCUT2D eigenvalue weighted by atomic mass is 19.1. The molecule has 6 heteroatoms.